The Balaban J connectivity index is 2.14. The van der Waals surface area contributed by atoms with Gasteiger partial charge in [0.25, 0.3) is 5.91 Å². The van der Waals surface area contributed by atoms with Crippen LogP contribution in [0.15, 0.2) is 46.9 Å². The minimum absolute atomic E-state index is 0.105. The number of hydrogen-bond acceptors (Lipinski definition) is 2. The fourth-order valence-corrected chi connectivity index (χ4v) is 2.52. The SMILES string of the molecule is Cc1cc(Br)cc(C(=O)Nc2ccc(N(C)C)cc2)c1. The number of benzene rings is 2. The predicted octanol–water partition coefficient (Wildman–Crippen LogP) is 4.08. The summed E-state index contributed by atoms with van der Waals surface area (Å²) >= 11 is 3.41. The molecule has 0 aliphatic heterocycles. The highest BCUT2D eigenvalue weighted by atomic mass is 79.9. The van der Waals surface area contributed by atoms with Crippen LogP contribution >= 0.6 is 15.9 Å². The number of halogens is 1. The van der Waals surface area contributed by atoms with Crippen molar-refractivity contribution in [2.45, 2.75) is 6.92 Å². The van der Waals surface area contributed by atoms with Crippen LogP contribution in [0.5, 0.6) is 0 Å². The lowest BCUT2D eigenvalue weighted by Gasteiger charge is -2.13. The van der Waals surface area contributed by atoms with Crippen LogP contribution in [0, 0.1) is 6.92 Å². The predicted molar refractivity (Wildman–Crippen MR) is 87.6 cm³/mol. The average molecular weight is 333 g/mol. The summed E-state index contributed by atoms with van der Waals surface area (Å²) < 4.78 is 0.908. The van der Waals surface area contributed by atoms with Gasteiger partial charge in [-0.05, 0) is 55.0 Å². The molecule has 0 fully saturated rings. The minimum Gasteiger partial charge on any atom is -0.378 e. The number of carbonyl (C=O) groups excluding carboxylic acids is 1. The van der Waals surface area contributed by atoms with Gasteiger partial charge in [0.1, 0.15) is 0 Å². The molecule has 0 bridgehead atoms. The zero-order chi connectivity index (χ0) is 14.7. The van der Waals surface area contributed by atoms with E-state index in [4.69, 9.17) is 0 Å². The zero-order valence-electron chi connectivity index (χ0n) is 11.8. The second-order valence-corrected chi connectivity index (χ2v) is 5.83. The van der Waals surface area contributed by atoms with Gasteiger partial charge in [-0.15, -0.1) is 0 Å². The molecule has 1 amide bonds. The third kappa shape index (κ3) is 3.61. The molecule has 2 aromatic rings. The van der Waals surface area contributed by atoms with Gasteiger partial charge in [0, 0.05) is 35.5 Å². The van der Waals surface area contributed by atoms with Crippen molar-refractivity contribution in [3.63, 3.8) is 0 Å². The van der Waals surface area contributed by atoms with Crippen molar-refractivity contribution in [1.82, 2.24) is 0 Å². The lowest BCUT2D eigenvalue weighted by molar-refractivity contribution is 0.102. The van der Waals surface area contributed by atoms with Crippen LogP contribution in [0.1, 0.15) is 15.9 Å². The van der Waals surface area contributed by atoms with E-state index in [1.54, 1.807) is 0 Å². The van der Waals surface area contributed by atoms with E-state index in [0.717, 1.165) is 21.4 Å². The number of carbonyl (C=O) groups is 1. The highest BCUT2D eigenvalue weighted by molar-refractivity contribution is 9.10. The van der Waals surface area contributed by atoms with Gasteiger partial charge in [0.15, 0.2) is 0 Å². The van der Waals surface area contributed by atoms with E-state index < -0.39 is 0 Å². The quantitative estimate of drug-likeness (QED) is 0.918. The van der Waals surface area contributed by atoms with E-state index in [1.165, 1.54) is 0 Å². The summed E-state index contributed by atoms with van der Waals surface area (Å²) in [5, 5.41) is 2.90. The molecule has 2 rings (SSSR count). The van der Waals surface area contributed by atoms with Gasteiger partial charge < -0.3 is 10.2 Å². The molecule has 0 heterocycles. The van der Waals surface area contributed by atoms with Crippen molar-refractivity contribution in [1.29, 1.82) is 0 Å². The maximum atomic E-state index is 12.2. The van der Waals surface area contributed by atoms with E-state index >= 15 is 0 Å². The van der Waals surface area contributed by atoms with Gasteiger partial charge in [0.05, 0.1) is 0 Å². The first-order valence-corrected chi connectivity index (χ1v) is 7.11. The highest BCUT2D eigenvalue weighted by Crippen LogP contribution is 2.19. The first kappa shape index (κ1) is 14.6. The molecular formula is C16H17BrN2O. The Morgan fingerprint density at radius 2 is 1.75 bits per heavy atom. The van der Waals surface area contributed by atoms with E-state index in [-0.39, 0.29) is 5.91 Å². The summed E-state index contributed by atoms with van der Waals surface area (Å²) in [4.78, 5) is 14.2. The molecular weight excluding hydrogens is 316 g/mol. The van der Waals surface area contributed by atoms with Crippen molar-refractivity contribution >= 4 is 33.2 Å². The van der Waals surface area contributed by atoms with Crippen molar-refractivity contribution in [3.05, 3.63) is 58.1 Å². The Kier molecular flexibility index (Phi) is 4.45. The van der Waals surface area contributed by atoms with Gasteiger partial charge in [-0.3, -0.25) is 4.79 Å². The van der Waals surface area contributed by atoms with E-state index in [0.29, 0.717) is 5.56 Å². The second-order valence-electron chi connectivity index (χ2n) is 4.91. The number of nitrogens with one attached hydrogen (secondary N) is 1. The Labute approximate surface area is 127 Å². The molecule has 0 unspecified atom stereocenters. The molecule has 0 spiro atoms. The molecule has 0 saturated heterocycles. The summed E-state index contributed by atoms with van der Waals surface area (Å²) in [7, 11) is 3.97. The lowest BCUT2D eigenvalue weighted by Crippen LogP contribution is -2.12. The van der Waals surface area contributed by atoms with Crippen molar-refractivity contribution in [2.24, 2.45) is 0 Å². The molecule has 0 aliphatic carbocycles. The van der Waals surface area contributed by atoms with Crippen LogP contribution in [0.4, 0.5) is 11.4 Å². The van der Waals surface area contributed by atoms with Crippen molar-refractivity contribution < 1.29 is 4.79 Å². The molecule has 1 N–H and O–H groups in total. The molecule has 104 valence electrons. The topological polar surface area (TPSA) is 32.3 Å². The molecule has 0 aromatic heterocycles. The molecule has 2 aromatic carbocycles. The Hall–Kier alpha value is -1.81. The van der Waals surface area contributed by atoms with Crippen LogP contribution in [0.2, 0.25) is 0 Å². The van der Waals surface area contributed by atoms with Crippen LogP contribution in [0.3, 0.4) is 0 Å². The van der Waals surface area contributed by atoms with E-state index in [9.17, 15) is 4.79 Å². The number of hydrogen-bond donors (Lipinski definition) is 1. The summed E-state index contributed by atoms with van der Waals surface area (Å²) in [5.74, 6) is -0.105. The average Bonchev–Trinajstić information content (AvgIpc) is 2.38. The normalized spacial score (nSPS) is 10.2. The Bertz CT molecular complexity index is 601. The summed E-state index contributed by atoms with van der Waals surface area (Å²) in [6, 6.07) is 13.4. The number of amides is 1. The van der Waals surface area contributed by atoms with Crippen LogP contribution in [0.25, 0.3) is 0 Å². The molecule has 0 aliphatic rings. The van der Waals surface area contributed by atoms with Crippen LogP contribution < -0.4 is 10.2 Å². The van der Waals surface area contributed by atoms with Crippen LogP contribution in [-0.2, 0) is 0 Å². The number of nitrogens with zero attached hydrogens (tertiary/aromatic N) is 1. The molecule has 3 nitrogen and oxygen atoms in total. The van der Waals surface area contributed by atoms with Gasteiger partial charge >= 0.3 is 0 Å². The van der Waals surface area contributed by atoms with E-state index in [2.05, 4.69) is 21.2 Å². The Morgan fingerprint density at radius 3 is 2.30 bits per heavy atom. The Morgan fingerprint density at radius 1 is 1.10 bits per heavy atom. The molecule has 20 heavy (non-hydrogen) atoms. The number of anilines is 2. The van der Waals surface area contributed by atoms with Crippen molar-refractivity contribution in [3.8, 4) is 0 Å². The first-order chi connectivity index (χ1) is 9.45. The van der Waals surface area contributed by atoms with Gasteiger partial charge in [-0.25, -0.2) is 0 Å². The molecule has 0 saturated carbocycles. The fourth-order valence-electron chi connectivity index (χ4n) is 1.91. The van der Waals surface area contributed by atoms with Crippen molar-refractivity contribution in [2.75, 3.05) is 24.3 Å². The third-order valence-corrected chi connectivity index (χ3v) is 3.40. The molecule has 4 heteroatoms. The summed E-state index contributed by atoms with van der Waals surface area (Å²) in [6.45, 7) is 1.97. The highest BCUT2D eigenvalue weighted by Gasteiger charge is 2.07. The lowest BCUT2D eigenvalue weighted by atomic mass is 10.1. The number of rotatable bonds is 3. The van der Waals surface area contributed by atoms with Gasteiger partial charge in [0.2, 0.25) is 0 Å². The third-order valence-electron chi connectivity index (χ3n) is 2.95. The maximum absolute atomic E-state index is 12.2. The smallest absolute Gasteiger partial charge is 0.255 e. The van der Waals surface area contributed by atoms with E-state index in [1.807, 2.05) is 68.4 Å². The maximum Gasteiger partial charge on any atom is 0.255 e. The monoisotopic (exact) mass is 332 g/mol. The van der Waals surface area contributed by atoms with Gasteiger partial charge in [-0.1, -0.05) is 15.9 Å². The first-order valence-electron chi connectivity index (χ1n) is 6.31. The zero-order valence-corrected chi connectivity index (χ0v) is 13.4. The second kappa shape index (κ2) is 6.09. The van der Waals surface area contributed by atoms with Crippen LogP contribution in [-0.4, -0.2) is 20.0 Å². The fraction of sp³-hybridized carbons (Fsp3) is 0.188. The summed E-state index contributed by atoms with van der Waals surface area (Å²) in [5.41, 5.74) is 3.58. The number of aryl methyl sites for hydroxylation is 1. The molecule has 0 radical (unpaired) electrons. The standard InChI is InChI=1S/C16H17BrN2O/c1-11-8-12(10-13(17)9-11)16(20)18-14-4-6-15(7-5-14)19(2)3/h4-10H,1-3H3,(H,18,20). The summed E-state index contributed by atoms with van der Waals surface area (Å²) in [6.07, 6.45) is 0. The van der Waals surface area contributed by atoms with Gasteiger partial charge in [-0.2, -0.15) is 0 Å². The largest absolute Gasteiger partial charge is 0.378 e. The minimum atomic E-state index is -0.105. The molecule has 0 atom stereocenters.